The monoisotopic (exact) mass is 190 g/mol. The topological polar surface area (TPSA) is 43.1 Å². The first-order valence-corrected chi connectivity index (χ1v) is 4.79. The average Bonchev–Trinajstić information content (AvgIpc) is 2.47. The van der Waals surface area contributed by atoms with Crippen LogP contribution in [0.3, 0.4) is 0 Å². The number of aromatic nitrogens is 4. The van der Waals surface area contributed by atoms with E-state index in [9.17, 15) is 0 Å². The maximum Gasteiger partial charge on any atom is 0.252 e. The third-order valence-electron chi connectivity index (χ3n) is 2.15. The van der Waals surface area contributed by atoms with Gasteiger partial charge in [0.2, 0.25) is 0 Å². The van der Waals surface area contributed by atoms with E-state index in [0.29, 0.717) is 11.7 Å². The second-order valence-electron chi connectivity index (χ2n) is 3.88. The molecule has 0 unspecified atom stereocenters. The van der Waals surface area contributed by atoms with Gasteiger partial charge in [-0.25, -0.2) is 9.50 Å². The second-order valence-corrected chi connectivity index (χ2v) is 3.88. The highest BCUT2D eigenvalue weighted by molar-refractivity contribution is 5.31. The molecular formula is C10H14N4. The number of rotatable bonds is 1. The van der Waals surface area contributed by atoms with Crippen molar-refractivity contribution >= 4 is 5.78 Å². The summed E-state index contributed by atoms with van der Waals surface area (Å²) >= 11 is 0. The van der Waals surface area contributed by atoms with Crippen LogP contribution in [0.5, 0.6) is 0 Å². The molecule has 14 heavy (non-hydrogen) atoms. The lowest BCUT2D eigenvalue weighted by molar-refractivity contribution is 0.758. The fourth-order valence-electron chi connectivity index (χ4n) is 1.43. The molecule has 0 atom stereocenters. The van der Waals surface area contributed by atoms with E-state index in [-0.39, 0.29) is 0 Å². The van der Waals surface area contributed by atoms with E-state index in [2.05, 4.69) is 28.9 Å². The van der Waals surface area contributed by atoms with Gasteiger partial charge in [0.15, 0.2) is 5.82 Å². The Labute approximate surface area is 83.0 Å². The van der Waals surface area contributed by atoms with Gasteiger partial charge in [-0.2, -0.15) is 4.98 Å². The molecule has 0 amide bonds. The fraction of sp³-hybridized carbons (Fsp3) is 0.500. The molecular weight excluding hydrogens is 176 g/mol. The molecule has 0 aromatic carbocycles. The van der Waals surface area contributed by atoms with Gasteiger partial charge in [0.25, 0.3) is 5.78 Å². The molecule has 4 nitrogen and oxygen atoms in total. The van der Waals surface area contributed by atoms with Crippen molar-refractivity contribution in [2.24, 2.45) is 0 Å². The Balaban J connectivity index is 2.70. The summed E-state index contributed by atoms with van der Waals surface area (Å²) in [4.78, 5) is 8.70. The molecule has 0 fully saturated rings. The van der Waals surface area contributed by atoms with Crippen molar-refractivity contribution in [3.8, 4) is 0 Å². The smallest absolute Gasteiger partial charge is 0.216 e. The molecule has 2 aromatic heterocycles. The Morgan fingerprint density at radius 2 is 1.93 bits per heavy atom. The average molecular weight is 190 g/mol. The van der Waals surface area contributed by atoms with Gasteiger partial charge in [-0.1, -0.05) is 13.8 Å². The highest BCUT2D eigenvalue weighted by Crippen LogP contribution is 2.11. The molecule has 2 aromatic rings. The van der Waals surface area contributed by atoms with Crippen molar-refractivity contribution in [2.45, 2.75) is 33.6 Å². The molecule has 0 aliphatic rings. The van der Waals surface area contributed by atoms with E-state index < -0.39 is 0 Å². The maximum absolute atomic E-state index is 4.40. The summed E-state index contributed by atoms with van der Waals surface area (Å²) < 4.78 is 1.79. The van der Waals surface area contributed by atoms with Crippen LogP contribution in [0.25, 0.3) is 5.78 Å². The van der Waals surface area contributed by atoms with Crippen molar-refractivity contribution in [3.63, 3.8) is 0 Å². The van der Waals surface area contributed by atoms with Crippen LogP contribution in [-0.4, -0.2) is 19.6 Å². The molecule has 2 heterocycles. The summed E-state index contributed by atoms with van der Waals surface area (Å²) in [5.41, 5.74) is 2.06. The van der Waals surface area contributed by atoms with Crippen LogP contribution in [0.2, 0.25) is 0 Å². The minimum atomic E-state index is 0.344. The molecule has 0 aliphatic heterocycles. The van der Waals surface area contributed by atoms with E-state index in [0.717, 1.165) is 17.2 Å². The third kappa shape index (κ3) is 1.36. The first-order chi connectivity index (χ1) is 6.58. The molecule has 0 saturated heterocycles. The minimum absolute atomic E-state index is 0.344. The SMILES string of the molecule is Cc1cc(C)n2nc(C(C)C)nc2n1. The molecule has 0 N–H and O–H groups in total. The van der Waals surface area contributed by atoms with Gasteiger partial charge in [0, 0.05) is 17.3 Å². The van der Waals surface area contributed by atoms with Crippen LogP contribution in [-0.2, 0) is 0 Å². The molecule has 0 saturated carbocycles. The summed E-state index contributed by atoms with van der Waals surface area (Å²) in [5, 5.41) is 4.40. The van der Waals surface area contributed by atoms with Gasteiger partial charge >= 0.3 is 0 Å². The highest BCUT2D eigenvalue weighted by Gasteiger charge is 2.09. The molecule has 4 heteroatoms. The zero-order valence-electron chi connectivity index (χ0n) is 8.94. The van der Waals surface area contributed by atoms with Gasteiger partial charge in [-0.05, 0) is 19.9 Å². The lowest BCUT2D eigenvalue weighted by Crippen LogP contribution is -1.97. The quantitative estimate of drug-likeness (QED) is 0.689. The predicted molar refractivity (Wildman–Crippen MR) is 54.3 cm³/mol. The maximum atomic E-state index is 4.40. The normalized spacial score (nSPS) is 11.5. The zero-order chi connectivity index (χ0) is 10.3. The summed E-state index contributed by atoms with van der Waals surface area (Å²) in [5.74, 6) is 1.90. The van der Waals surface area contributed by atoms with Crippen LogP contribution >= 0.6 is 0 Å². The summed E-state index contributed by atoms with van der Waals surface area (Å²) in [6, 6.07) is 2.01. The number of aryl methyl sites for hydroxylation is 2. The summed E-state index contributed by atoms with van der Waals surface area (Å²) in [7, 11) is 0. The van der Waals surface area contributed by atoms with Crippen LogP contribution in [0.1, 0.15) is 37.0 Å². The van der Waals surface area contributed by atoms with Gasteiger partial charge in [0.05, 0.1) is 0 Å². The Kier molecular flexibility index (Phi) is 1.98. The second kappa shape index (κ2) is 3.04. The Bertz CT molecular complexity index is 470. The Morgan fingerprint density at radius 1 is 1.21 bits per heavy atom. The molecule has 0 spiro atoms. The Morgan fingerprint density at radius 3 is 2.57 bits per heavy atom. The minimum Gasteiger partial charge on any atom is -0.216 e. The Hall–Kier alpha value is -1.45. The zero-order valence-corrected chi connectivity index (χ0v) is 8.94. The van der Waals surface area contributed by atoms with Crippen LogP contribution in [0.4, 0.5) is 0 Å². The third-order valence-corrected chi connectivity index (χ3v) is 2.15. The van der Waals surface area contributed by atoms with Crippen molar-refractivity contribution in [2.75, 3.05) is 0 Å². The van der Waals surface area contributed by atoms with Crippen molar-refractivity contribution in [1.29, 1.82) is 0 Å². The van der Waals surface area contributed by atoms with E-state index in [1.54, 1.807) is 4.52 Å². The van der Waals surface area contributed by atoms with Crippen molar-refractivity contribution in [1.82, 2.24) is 19.6 Å². The number of hydrogen-bond donors (Lipinski definition) is 0. The van der Waals surface area contributed by atoms with Gasteiger partial charge in [-0.15, -0.1) is 5.10 Å². The summed E-state index contributed by atoms with van der Waals surface area (Å²) in [6.07, 6.45) is 0. The number of nitrogens with zero attached hydrogens (tertiary/aromatic N) is 4. The van der Waals surface area contributed by atoms with E-state index in [1.807, 2.05) is 19.9 Å². The first-order valence-electron chi connectivity index (χ1n) is 4.79. The van der Waals surface area contributed by atoms with E-state index in [1.165, 1.54) is 0 Å². The molecule has 0 radical (unpaired) electrons. The standard InChI is InChI=1S/C10H14N4/c1-6(2)9-12-10-11-7(3)5-8(4)14(10)13-9/h5-6H,1-4H3. The van der Waals surface area contributed by atoms with Crippen molar-refractivity contribution < 1.29 is 0 Å². The van der Waals surface area contributed by atoms with Gasteiger partial charge in [-0.3, -0.25) is 0 Å². The lowest BCUT2D eigenvalue weighted by atomic mass is 10.2. The predicted octanol–water partition coefficient (Wildman–Crippen LogP) is 1.86. The van der Waals surface area contributed by atoms with E-state index >= 15 is 0 Å². The van der Waals surface area contributed by atoms with E-state index in [4.69, 9.17) is 0 Å². The molecule has 0 aliphatic carbocycles. The van der Waals surface area contributed by atoms with Crippen LogP contribution in [0.15, 0.2) is 6.07 Å². The molecule has 0 bridgehead atoms. The number of hydrogen-bond acceptors (Lipinski definition) is 3. The first kappa shape index (κ1) is 9.12. The lowest BCUT2D eigenvalue weighted by Gasteiger charge is -1.97. The molecule has 74 valence electrons. The van der Waals surface area contributed by atoms with Gasteiger partial charge in [0.1, 0.15) is 0 Å². The van der Waals surface area contributed by atoms with Crippen LogP contribution in [0, 0.1) is 13.8 Å². The van der Waals surface area contributed by atoms with Gasteiger partial charge < -0.3 is 0 Å². The largest absolute Gasteiger partial charge is 0.252 e. The van der Waals surface area contributed by atoms with Crippen LogP contribution < -0.4 is 0 Å². The number of fused-ring (bicyclic) bond motifs is 1. The van der Waals surface area contributed by atoms with Crippen molar-refractivity contribution in [3.05, 3.63) is 23.3 Å². The highest BCUT2D eigenvalue weighted by atomic mass is 15.3. The molecule has 2 rings (SSSR count). The fourth-order valence-corrected chi connectivity index (χ4v) is 1.43. The summed E-state index contributed by atoms with van der Waals surface area (Å²) in [6.45, 7) is 8.14.